The second-order valence-electron chi connectivity index (χ2n) is 4.21. The van der Waals surface area contributed by atoms with Gasteiger partial charge in [0.15, 0.2) is 5.78 Å². The number of hydrogen-bond donors (Lipinski definition) is 1. The lowest BCUT2D eigenvalue weighted by atomic mass is 10.0. The summed E-state index contributed by atoms with van der Waals surface area (Å²) in [4.78, 5) is 19.2. The van der Waals surface area contributed by atoms with Crippen molar-refractivity contribution in [3.8, 4) is 0 Å². The van der Waals surface area contributed by atoms with E-state index in [1.165, 1.54) is 12.4 Å². The first kappa shape index (κ1) is 12.7. The minimum Gasteiger partial charge on any atom is -0.345 e. The van der Waals surface area contributed by atoms with Crippen LogP contribution in [-0.2, 0) is 0 Å². The molecule has 0 bridgehead atoms. The lowest BCUT2D eigenvalue weighted by Crippen LogP contribution is -2.02. The fourth-order valence-electron chi connectivity index (χ4n) is 2.04. The van der Waals surface area contributed by atoms with Crippen molar-refractivity contribution >= 4 is 28.4 Å². The van der Waals surface area contributed by atoms with Crippen LogP contribution < -0.4 is 0 Å². The van der Waals surface area contributed by atoms with Gasteiger partial charge in [0.1, 0.15) is 17.3 Å². The molecular weight excluding hydrogens is 286 g/mol. The van der Waals surface area contributed by atoms with Crippen LogP contribution >= 0.6 is 11.6 Å². The van der Waals surface area contributed by atoms with Crippen molar-refractivity contribution in [1.29, 1.82) is 0 Å². The third-order valence-electron chi connectivity index (χ3n) is 2.89. The summed E-state index contributed by atoms with van der Waals surface area (Å²) >= 11 is 6.04. The molecule has 0 spiro atoms. The summed E-state index contributed by atoms with van der Waals surface area (Å²) in [7, 11) is 0. The number of ketones is 1. The lowest BCUT2D eigenvalue weighted by Gasteiger charge is -2.01. The van der Waals surface area contributed by atoms with Gasteiger partial charge in [0.25, 0.3) is 0 Å². The second kappa shape index (κ2) is 4.68. The summed E-state index contributed by atoms with van der Waals surface area (Å²) in [6.45, 7) is 0. The maximum Gasteiger partial charge on any atom is 0.195 e. The second-order valence-corrected chi connectivity index (χ2v) is 4.61. The van der Waals surface area contributed by atoms with Gasteiger partial charge < -0.3 is 4.98 Å². The minimum atomic E-state index is -0.808. The first-order chi connectivity index (χ1) is 9.56. The highest BCUT2D eigenvalue weighted by atomic mass is 35.5. The van der Waals surface area contributed by atoms with E-state index in [0.717, 1.165) is 12.1 Å². The van der Waals surface area contributed by atoms with Gasteiger partial charge >= 0.3 is 0 Å². The van der Waals surface area contributed by atoms with Gasteiger partial charge in [-0.1, -0.05) is 11.6 Å². The molecule has 3 aromatic rings. The summed E-state index contributed by atoms with van der Waals surface area (Å²) in [6.07, 6.45) is 2.92. The van der Waals surface area contributed by atoms with Crippen LogP contribution in [0.1, 0.15) is 15.9 Å². The number of carbonyl (C=O) groups is 1. The number of nitrogens with zero attached hydrogens (tertiary/aromatic N) is 1. The van der Waals surface area contributed by atoms with Gasteiger partial charge in [0, 0.05) is 29.4 Å². The summed E-state index contributed by atoms with van der Waals surface area (Å²) in [5.41, 5.74) is 0.587. The fraction of sp³-hybridized carbons (Fsp3) is 0. The van der Waals surface area contributed by atoms with E-state index in [9.17, 15) is 13.6 Å². The molecule has 0 aliphatic rings. The van der Waals surface area contributed by atoms with Crippen LogP contribution in [0.25, 0.3) is 11.0 Å². The Morgan fingerprint density at radius 1 is 1.20 bits per heavy atom. The van der Waals surface area contributed by atoms with Crippen molar-refractivity contribution in [1.82, 2.24) is 9.97 Å². The molecule has 3 nitrogen and oxygen atoms in total. The molecule has 0 radical (unpaired) electrons. The van der Waals surface area contributed by atoms with Crippen LogP contribution in [0.4, 0.5) is 8.78 Å². The molecule has 0 amide bonds. The molecule has 1 aromatic carbocycles. The molecule has 6 heteroatoms. The predicted molar refractivity (Wildman–Crippen MR) is 70.9 cm³/mol. The van der Waals surface area contributed by atoms with Crippen LogP contribution in [0, 0.1) is 11.6 Å². The van der Waals surface area contributed by atoms with E-state index >= 15 is 0 Å². The molecule has 0 unspecified atom stereocenters. The molecule has 0 atom stereocenters. The van der Waals surface area contributed by atoms with Crippen molar-refractivity contribution in [3.05, 3.63) is 64.4 Å². The lowest BCUT2D eigenvalue weighted by molar-refractivity contribution is 0.103. The highest BCUT2D eigenvalue weighted by Gasteiger charge is 2.18. The Hall–Kier alpha value is -2.27. The number of nitrogens with one attached hydrogen (secondary N) is 1. The van der Waals surface area contributed by atoms with E-state index in [1.807, 2.05) is 0 Å². The van der Waals surface area contributed by atoms with E-state index in [2.05, 4.69) is 9.97 Å². The van der Waals surface area contributed by atoms with Gasteiger partial charge in [-0.05, 0) is 18.2 Å². The van der Waals surface area contributed by atoms with E-state index in [0.29, 0.717) is 22.1 Å². The van der Waals surface area contributed by atoms with E-state index in [4.69, 9.17) is 11.6 Å². The Labute approximate surface area is 117 Å². The summed E-state index contributed by atoms with van der Waals surface area (Å²) < 4.78 is 26.4. The van der Waals surface area contributed by atoms with Gasteiger partial charge in [0.2, 0.25) is 0 Å². The molecule has 0 aliphatic carbocycles. The van der Waals surface area contributed by atoms with Crippen LogP contribution in [0.5, 0.6) is 0 Å². The van der Waals surface area contributed by atoms with Crippen LogP contribution in [0.15, 0.2) is 36.7 Å². The Bertz CT molecular complexity index is 809. The maximum atomic E-state index is 13.2. The molecular formula is C14H7ClF2N2O. The molecule has 2 heterocycles. The zero-order valence-corrected chi connectivity index (χ0v) is 10.7. The van der Waals surface area contributed by atoms with Crippen LogP contribution in [-0.4, -0.2) is 15.8 Å². The van der Waals surface area contributed by atoms with Crippen molar-refractivity contribution in [2.24, 2.45) is 0 Å². The Kier molecular flexibility index (Phi) is 2.99. The van der Waals surface area contributed by atoms with E-state index in [1.54, 1.807) is 6.07 Å². The highest BCUT2D eigenvalue weighted by Crippen LogP contribution is 2.27. The molecule has 1 N–H and O–H groups in total. The summed E-state index contributed by atoms with van der Waals surface area (Å²) in [5, 5.41) is 0.778. The van der Waals surface area contributed by atoms with E-state index in [-0.39, 0.29) is 11.1 Å². The average Bonchev–Trinajstić information content (AvgIpc) is 2.82. The van der Waals surface area contributed by atoms with Crippen molar-refractivity contribution in [2.45, 2.75) is 0 Å². The van der Waals surface area contributed by atoms with Crippen molar-refractivity contribution < 1.29 is 13.6 Å². The van der Waals surface area contributed by atoms with Gasteiger partial charge in [-0.15, -0.1) is 0 Å². The zero-order chi connectivity index (χ0) is 14.3. The number of benzene rings is 1. The molecule has 0 aliphatic heterocycles. The largest absolute Gasteiger partial charge is 0.345 e. The molecule has 0 fully saturated rings. The number of H-pyrrole nitrogens is 1. The number of halogens is 3. The summed E-state index contributed by atoms with van der Waals surface area (Å²) in [5.74, 6) is -2.14. The maximum absolute atomic E-state index is 13.2. The Morgan fingerprint density at radius 3 is 2.60 bits per heavy atom. The Morgan fingerprint density at radius 2 is 1.90 bits per heavy atom. The molecule has 0 saturated heterocycles. The first-order valence-corrected chi connectivity index (χ1v) is 6.06. The van der Waals surface area contributed by atoms with E-state index < -0.39 is 17.4 Å². The molecule has 0 saturated carbocycles. The summed E-state index contributed by atoms with van der Waals surface area (Å²) in [6, 6.07) is 4.21. The number of pyridine rings is 1. The van der Waals surface area contributed by atoms with Crippen LogP contribution in [0.3, 0.4) is 0 Å². The van der Waals surface area contributed by atoms with Gasteiger partial charge in [0.05, 0.1) is 10.6 Å². The van der Waals surface area contributed by atoms with Gasteiger partial charge in [-0.3, -0.25) is 4.79 Å². The highest BCUT2D eigenvalue weighted by molar-refractivity contribution is 6.37. The number of carbonyl (C=O) groups excluding carboxylic acids is 1. The third kappa shape index (κ3) is 2.06. The number of hydrogen-bond acceptors (Lipinski definition) is 2. The number of fused-ring (bicyclic) bond motifs is 1. The third-order valence-corrected chi connectivity index (χ3v) is 3.21. The molecule has 3 rings (SSSR count). The monoisotopic (exact) mass is 292 g/mol. The zero-order valence-electron chi connectivity index (χ0n) is 9.95. The SMILES string of the molecule is O=C(c1cc(F)cc(F)c1)c1c[nH]c2nccc(Cl)c12. The molecule has 100 valence electrons. The number of aromatic amines is 1. The van der Waals surface area contributed by atoms with Crippen molar-refractivity contribution in [2.75, 3.05) is 0 Å². The standard InChI is InChI=1S/C14H7ClF2N2O/c15-11-1-2-18-14-12(11)10(6-19-14)13(20)7-3-8(16)5-9(17)4-7/h1-6H,(H,18,19). The predicted octanol–water partition coefficient (Wildman–Crippen LogP) is 3.73. The Balaban J connectivity index is 2.18. The fourth-order valence-corrected chi connectivity index (χ4v) is 2.28. The quantitative estimate of drug-likeness (QED) is 0.732. The smallest absolute Gasteiger partial charge is 0.195 e. The van der Waals surface area contributed by atoms with Crippen molar-refractivity contribution in [3.63, 3.8) is 0 Å². The first-order valence-electron chi connectivity index (χ1n) is 5.68. The average molecular weight is 293 g/mol. The van der Waals surface area contributed by atoms with Gasteiger partial charge in [-0.2, -0.15) is 0 Å². The normalized spacial score (nSPS) is 10.9. The molecule has 20 heavy (non-hydrogen) atoms. The number of aromatic nitrogens is 2. The minimum absolute atomic E-state index is 0.0803. The topological polar surface area (TPSA) is 45.8 Å². The number of rotatable bonds is 2. The van der Waals surface area contributed by atoms with Crippen LogP contribution in [0.2, 0.25) is 5.02 Å². The van der Waals surface area contributed by atoms with Gasteiger partial charge in [-0.25, -0.2) is 13.8 Å². The molecule has 2 aromatic heterocycles.